The van der Waals surface area contributed by atoms with E-state index in [9.17, 15) is 23.1 Å². The summed E-state index contributed by atoms with van der Waals surface area (Å²) in [5, 5.41) is 13.1. The van der Waals surface area contributed by atoms with Crippen LogP contribution in [-0.4, -0.2) is 52.4 Å². The third-order valence-electron chi connectivity index (χ3n) is 8.56. The number of aromatic nitrogens is 2. The van der Waals surface area contributed by atoms with E-state index in [1.165, 1.54) is 24.3 Å². The maximum Gasteiger partial charge on any atom is 0.429 e. The van der Waals surface area contributed by atoms with E-state index in [0.717, 1.165) is 12.0 Å². The number of ether oxygens (including phenoxy) is 1. The van der Waals surface area contributed by atoms with Crippen molar-refractivity contribution >= 4 is 29.3 Å². The Morgan fingerprint density at radius 2 is 1.95 bits per heavy atom. The zero-order valence-electron chi connectivity index (χ0n) is 23.6. The molecule has 3 atom stereocenters. The molecule has 230 valence electrons. The fourth-order valence-electron chi connectivity index (χ4n) is 6.42. The monoisotopic (exact) mass is 618 g/mol. The first-order valence-corrected chi connectivity index (χ1v) is 14.5. The van der Waals surface area contributed by atoms with Crippen LogP contribution in [0.5, 0.6) is 5.88 Å². The lowest BCUT2D eigenvalue weighted by molar-refractivity contribution is -0.198. The second-order valence-corrected chi connectivity index (χ2v) is 11.6. The van der Waals surface area contributed by atoms with Crippen molar-refractivity contribution in [2.24, 2.45) is 11.1 Å². The van der Waals surface area contributed by atoms with Gasteiger partial charge in [0, 0.05) is 42.3 Å². The van der Waals surface area contributed by atoms with Crippen LogP contribution in [0.3, 0.4) is 0 Å². The Kier molecular flexibility index (Phi) is 8.73. The first-order chi connectivity index (χ1) is 20.4. The summed E-state index contributed by atoms with van der Waals surface area (Å²) in [5.41, 5.74) is 12.9. The summed E-state index contributed by atoms with van der Waals surface area (Å²) in [6.45, 7) is 3.31. The first-order valence-electron chi connectivity index (χ1n) is 14.1. The van der Waals surface area contributed by atoms with E-state index >= 15 is 0 Å². The molecule has 0 aliphatic carbocycles. The lowest BCUT2D eigenvalue weighted by atomic mass is 9.71. The number of benzene rings is 2. The molecule has 0 bridgehead atoms. The van der Waals surface area contributed by atoms with Crippen molar-refractivity contribution in [3.8, 4) is 17.0 Å². The molecule has 3 aromatic rings. The number of nitrogen functional groups attached to an aromatic ring is 1. The molecular weight excluding hydrogens is 585 g/mol. The molecule has 1 aromatic heterocycles. The summed E-state index contributed by atoms with van der Waals surface area (Å²) < 4.78 is 49.4. The molecule has 5 rings (SSSR count). The molecule has 6 N–H and O–H groups in total. The summed E-state index contributed by atoms with van der Waals surface area (Å²) >= 11 is 6.21. The highest BCUT2D eigenvalue weighted by Crippen LogP contribution is 2.46. The van der Waals surface area contributed by atoms with Crippen LogP contribution in [0.1, 0.15) is 49.8 Å². The van der Waals surface area contributed by atoms with Gasteiger partial charge in [-0.05, 0) is 66.0 Å². The number of nitrogens with one attached hydrogen (secondary N) is 1. The van der Waals surface area contributed by atoms with Gasteiger partial charge >= 0.3 is 12.1 Å². The maximum atomic E-state index is 14.6. The molecule has 1 spiro atoms. The molecule has 0 radical (unpaired) electrons. The molecule has 9 nitrogen and oxygen atoms in total. The predicted octanol–water partition coefficient (Wildman–Crippen LogP) is 5.33. The van der Waals surface area contributed by atoms with Gasteiger partial charge < -0.3 is 31.5 Å². The molecule has 2 aliphatic rings. The summed E-state index contributed by atoms with van der Waals surface area (Å²) in [4.78, 5) is 21.8. The molecular formula is C30H34ClF3N6O3. The van der Waals surface area contributed by atoms with Crippen LogP contribution in [0.25, 0.3) is 11.1 Å². The van der Waals surface area contributed by atoms with Crippen LogP contribution in [0.15, 0.2) is 48.5 Å². The molecule has 2 aliphatic heterocycles. The maximum absolute atomic E-state index is 14.6. The number of halogens is 4. The lowest BCUT2D eigenvalue weighted by Gasteiger charge is -2.43. The van der Waals surface area contributed by atoms with Crippen LogP contribution in [0, 0.1) is 5.41 Å². The van der Waals surface area contributed by atoms with E-state index < -0.39 is 24.3 Å². The van der Waals surface area contributed by atoms with Crippen LogP contribution in [0.2, 0.25) is 5.02 Å². The van der Waals surface area contributed by atoms with Gasteiger partial charge in [0.05, 0.1) is 0 Å². The average molecular weight is 619 g/mol. The molecule has 2 unspecified atom stereocenters. The van der Waals surface area contributed by atoms with Gasteiger partial charge in [-0.2, -0.15) is 23.1 Å². The number of anilines is 2. The quantitative estimate of drug-likeness (QED) is 0.264. The van der Waals surface area contributed by atoms with Crippen molar-refractivity contribution in [2.75, 3.05) is 23.7 Å². The Balaban J connectivity index is 1.42. The van der Waals surface area contributed by atoms with Gasteiger partial charge in [0.1, 0.15) is 11.9 Å². The van der Waals surface area contributed by atoms with Crippen molar-refractivity contribution in [3.63, 3.8) is 0 Å². The zero-order chi connectivity index (χ0) is 30.9. The van der Waals surface area contributed by atoms with Gasteiger partial charge in [0.15, 0.2) is 0 Å². The standard InChI is InChI=1S/C30H34ClF3N6O3/c1-2-23-29(15-22(37-23)27(41)42)8-10-40(11-9-29)24-14-25(39-28(36)38-24)43-26(30(32,33)34)20-7-6-19(31)13-21(20)18-5-3-4-17(12-18)16-35/h3-7,12-14,22-23,26,37H,2,8-11,15-16,35H2,1H3,(H,41,42)(H2,36,38,39)/t22?,23?,26-/m1/s1. The number of rotatable bonds is 8. The normalized spacial score (nSPS) is 20.7. The Morgan fingerprint density at radius 3 is 2.60 bits per heavy atom. The number of alkyl halides is 3. The van der Waals surface area contributed by atoms with Crippen LogP contribution >= 0.6 is 11.6 Å². The van der Waals surface area contributed by atoms with Crippen molar-refractivity contribution in [3.05, 3.63) is 64.7 Å². The second kappa shape index (κ2) is 12.2. The first kappa shape index (κ1) is 30.8. The van der Waals surface area contributed by atoms with Crippen LogP contribution in [0.4, 0.5) is 24.9 Å². The van der Waals surface area contributed by atoms with Crippen molar-refractivity contribution in [2.45, 2.75) is 63.5 Å². The number of hydrogen-bond donors (Lipinski definition) is 4. The minimum Gasteiger partial charge on any atom is -0.480 e. The van der Waals surface area contributed by atoms with E-state index in [1.807, 2.05) is 11.8 Å². The fraction of sp³-hybridized carbons (Fsp3) is 0.433. The van der Waals surface area contributed by atoms with Crippen molar-refractivity contribution in [1.29, 1.82) is 0 Å². The number of nitrogens with two attached hydrogens (primary N) is 2. The number of aliphatic carboxylic acids is 1. The molecule has 0 amide bonds. The number of hydrogen-bond acceptors (Lipinski definition) is 8. The molecule has 0 saturated carbocycles. The van der Waals surface area contributed by atoms with E-state index in [2.05, 4.69) is 15.3 Å². The lowest BCUT2D eigenvalue weighted by Crippen LogP contribution is -2.46. The summed E-state index contributed by atoms with van der Waals surface area (Å²) in [7, 11) is 0. The number of piperidine rings is 1. The third-order valence-corrected chi connectivity index (χ3v) is 8.79. The summed E-state index contributed by atoms with van der Waals surface area (Å²) in [5.74, 6) is -1.06. The van der Waals surface area contributed by atoms with Gasteiger partial charge in [-0.25, -0.2) is 0 Å². The number of carboxylic acids is 1. The fourth-order valence-corrected chi connectivity index (χ4v) is 6.60. The largest absolute Gasteiger partial charge is 0.480 e. The number of nitrogens with zero attached hydrogens (tertiary/aromatic N) is 3. The molecule has 2 saturated heterocycles. The smallest absolute Gasteiger partial charge is 0.429 e. The molecule has 2 fully saturated rings. The van der Waals surface area contributed by atoms with E-state index in [-0.39, 0.29) is 46.0 Å². The molecule has 2 aromatic carbocycles. The number of carboxylic acid groups (broad SMARTS) is 1. The summed E-state index contributed by atoms with van der Waals surface area (Å²) in [6.07, 6.45) is -4.47. The summed E-state index contributed by atoms with van der Waals surface area (Å²) in [6, 6.07) is 11.9. The Morgan fingerprint density at radius 1 is 1.21 bits per heavy atom. The zero-order valence-corrected chi connectivity index (χ0v) is 24.3. The van der Waals surface area contributed by atoms with Gasteiger partial charge in [-0.1, -0.05) is 42.8 Å². The molecule has 3 heterocycles. The van der Waals surface area contributed by atoms with Gasteiger partial charge in [-0.3, -0.25) is 4.79 Å². The number of carbonyl (C=O) groups is 1. The second-order valence-electron chi connectivity index (χ2n) is 11.2. The topological polar surface area (TPSA) is 140 Å². The molecule has 43 heavy (non-hydrogen) atoms. The minimum absolute atomic E-state index is 0.0665. The van der Waals surface area contributed by atoms with Gasteiger partial charge in [0.25, 0.3) is 0 Å². The Labute approximate surface area is 252 Å². The highest BCUT2D eigenvalue weighted by molar-refractivity contribution is 6.30. The predicted molar refractivity (Wildman–Crippen MR) is 158 cm³/mol. The molecule has 13 heteroatoms. The Bertz CT molecular complexity index is 1480. The van der Waals surface area contributed by atoms with E-state index in [4.69, 9.17) is 27.8 Å². The highest BCUT2D eigenvalue weighted by atomic mass is 35.5. The van der Waals surface area contributed by atoms with Gasteiger partial charge in [0.2, 0.25) is 17.9 Å². The van der Waals surface area contributed by atoms with Crippen LogP contribution < -0.4 is 26.4 Å². The van der Waals surface area contributed by atoms with Crippen molar-refractivity contribution in [1.82, 2.24) is 15.3 Å². The van der Waals surface area contributed by atoms with E-state index in [0.29, 0.717) is 43.7 Å². The highest BCUT2D eigenvalue weighted by Gasteiger charge is 2.50. The SMILES string of the molecule is CCC1NC(C(=O)O)CC12CCN(c1cc(O[C@H](c3ccc(Cl)cc3-c3cccc(CN)c3)C(F)(F)F)nc(N)n1)CC2. The Hall–Kier alpha value is -3.61. The van der Waals surface area contributed by atoms with Gasteiger partial charge in [-0.15, -0.1) is 0 Å². The van der Waals surface area contributed by atoms with Crippen molar-refractivity contribution < 1.29 is 27.8 Å². The average Bonchev–Trinajstić information content (AvgIpc) is 3.33. The van der Waals surface area contributed by atoms with E-state index in [1.54, 1.807) is 24.3 Å². The van der Waals surface area contributed by atoms with Crippen LogP contribution in [-0.2, 0) is 11.3 Å². The minimum atomic E-state index is -4.81. The third kappa shape index (κ3) is 6.51.